The van der Waals surface area contributed by atoms with E-state index in [1.807, 2.05) is 0 Å². The van der Waals surface area contributed by atoms with Crippen molar-refractivity contribution in [2.24, 2.45) is 0 Å². The Labute approximate surface area is 108 Å². The standard InChI is InChI=1S/C12H16BrNOS/c1-10-8-12(3-2-11(10)9-13)14-4-6-16(15)7-5-14/h2-3,8H,4-7,9H2,1H3. The zero-order valence-corrected chi connectivity index (χ0v) is 11.8. The molecule has 2 rings (SSSR count). The molecule has 2 nitrogen and oxygen atoms in total. The molecule has 1 aliphatic heterocycles. The van der Waals surface area contributed by atoms with E-state index in [1.54, 1.807) is 0 Å². The molecular formula is C12H16BrNOS. The predicted octanol–water partition coefficient (Wildman–Crippen LogP) is 2.46. The lowest BCUT2D eigenvalue weighted by atomic mass is 10.1. The Morgan fingerprint density at radius 3 is 2.62 bits per heavy atom. The average Bonchev–Trinajstić information content (AvgIpc) is 2.30. The molecule has 1 heterocycles. The van der Waals surface area contributed by atoms with Crippen LogP contribution in [0, 0.1) is 6.92 Å². The monoisotopic (exact) mass is 301 g/mol. The molecule has 16 heavy (non-hydrogen) atoms. The Morgan fingerprint density at radius 2 is 2.06 bits per heavy atom. The molecule has 1 aromatic carbocycles. The van der Waals surface area contributed by atoms with Crippen LogP contribution >= 0.6 is 15.9 Å². The molecule has 0 bridgehead atoms. The number of rotatable bonds is 2. The fourth-order valence-corrected chi connectivity index (χ4v) is 3.60. The minimum Gasteiger partial charge on any atom is -0.370 e. The van der Waals surface area contributed by atoms with E-state index in [9.17, 15) is 4.21 Å². The first-order valence-electron chi connectivity index (χ1n) is 5.46. The normalized spacial score (nSPS) is 17.8. The van der Waals surface area contributed by atoms with E-state index >= 15 is 0 Å². The topological polar surface area (TPSA) is 20.3 Å². The minimum atomic E-state index is -0.595. The molecule has 0 atom stereocenters. The van der Waals surface area contributed by atoms with Gasteiger partial charge in [-0.15, -0.1) is 0 Å². The van der Waals surface area contributed by atoms with E-state index in [1.165, 1.54) is 16.8 Å². The number of anilines is 1. The first-order valence-corrected chi connectivity index (χ1v) is 8.07. The molecule has 1 aromatic rings. The second kappa shape index (κ2) is 5.32. The SMILES string of the molecule is Cc1cc(N2CCS(=O)CC2)ccc1CBr. The van der Waals surface area contributed by atoms with E-state index in [2.05, 4.69) is 46.0 Å². The summed E-state index contributed by atoms with van der Waals surface area (Å²) in [5.41, 5.74) is 3.92. The summed E-state index contributed by atoms with van der Waals surface area (Å²) in [7, 11) is -0.595. The van der Waals surface area contributed by atoms with Crippen LogP contribution in [0.25, 0.3) is 0 Å². The third kappa shape index (κ3) is 2.66. The molecule has 0 radical (unpaired) electrons. The first kappa shape index (κ1) is 12.1. The van der Waals surface area contributed by atoms with Crippen molar-refractivity contribution in [3.63, 3.8) is 0 Å². The van der Waals surface area contributed by atoms with Crippen LogP contribution in [-0.4, -0.2) is 28.8 Å². The minimum absolute atomic E-state index is 0.595. The van der Waals surface area contributed by atoms with Gasteiger partial charge >= 0.3 is 0 Å². The van der Waals surface area contributed by atoms with Crippen molar-refractivity contribution < 1.29 is 4.21 Å². The highest BCUT2D eigenvalue weighted by Gasteiger charge is 2.15. The van der Waals surface area contributed by atoms with Crippen molar-refractivity contribution in [2.45, 2.75) is 12.3 Å². The van der Waals surface area contributed by atoms with Gasteiger partial charge in [-0.2, -0.15) is 0 Å². The van der Waals surface area contributed by atoms with E-state index in [4.69, 9.17) is 0 Å². The summed E-state index contributed by atoms with van der Waals surface area (Å²) < 4.78 is 11.3. The summed E-state index contributed by atoms with van der Waals surface area (Å²) >= 11 is 3.48. The van der Waals surface area contributed by atoms with E-state index in [0.29, 0.717) is 0 Å². The third-order valence-electron chi connectivity index (χ3n) is 3.01. The Bertz CT molecular complexity index is 398. The second-order valence-electron chi connectivity index (χ2n) is 4.08. The van der Waals surface area contributed by atoms with E-state index in [-0.39, 0.29) is 0 Å². The summed E-state index contributed by atoms with van der Waals surface area (Å²) in [6.45, 7) is 3.97. The zero-order chi connectivity index (χ0) is 11.5. The summed E-state index contributed by atoms with van der Waals surface area (Å²) in [5.74, 6) is 1.61. The summed E-state index contributed by atoms with van der Waals surface area (Å²) in [6.07, 6.45) is 0. The van der Waals surface area contributed by atoms with Crippen molar-refractivity contribution in [1.29, 1.82) is 0 Å². The molecule has 0 N–H and O–H groups in total. The molecule has 0 spiro atoms. The van der Waals surface area contributed by atoms with Crippen LogP contribution < -0.4 is 4.90 Å². The highest BCUT2D eigenvalue weighted by atomic mass is 79.9. The van der Waals surface area contributed by atoms with Gasteiger partial charge in [0.2, 0.25) is 0 Å². The van der Waals surface area contributed by atoms with Gasteiger partial charge in [0.05, 0.1) is 0 Å². The molecule has 0 aliphatic carbocycles. The number of benzene rings is 1. The van der Waals surface area contributed by atoms with Crippen LogP contribution in [0.4, 0.5) is 5.69 Å². The lowest BCUT2D eigenvalue weighted by Crippen LogP contribution is -2.37. The van der Waals surface area contributed by atoms with Crippen molar-refractivity contribution in [3.05, 3.63) is 29.3 Å². The van der Waals surface area contributed by atoms with Gasteiger partial charge in [0.15, 0.2) is 0 Å². The molecule has 1 aliphatic rings. The largest absolute Gasteiger partial charge is 0.370 e. The lowest BCUT2D eigenvalue weighted by Gasteiger charge is -2.28. The Kier molecular flexibility index (Phi) is 4.03. The number of halogens is 1. The number of aryl methyl sites for hydroxylation is 1. The maximum Gasteiger partial charge on any atom is 0.0411 e. The van der Waals surface area contributed by atoms with Gasteiger partial charge in [0.1, 0.15) is 0 Å². The van der Waals surface area contributed by atoms with Crippen molar-refractivity contribution in [2.75, 3.05) is 29.5 Å². The number of alkyl halides is 1. The van der Waals surface area contributed by atoms with Gasteiger partial charge in [-0.25, -0.2) is 0 Å². The summed E-state index contributed by atoms with van der Waals surface area (Å²) in [4.78, 5) is 2.33. The molecule has 0 amide bonds. The van der Waals surface area contributed by atoms with Crippen LogP contribution in [0.2, 0.25) is 0 Å². The average molecular weight is 302 g/mol. The van der Waals surface area contributed by atoms with Crippen LogP contribution in [-0.2, 0) is 16.1 Å². The second-order valence-corrected chi connectivity index (χ2v) is 6.34. The Hall–Kier alpha value is -0.350. The lowest BCUT2D eigenvalue weighted by molar-refractivity contribution is 0.673. The van der Waals surface area contributed by atoms with Crippen molar-refractivity contribution in [3.8, 4) is 0 Å². The van der Waals surface area contributed by atoms with Gasteiger partial charge in [-0.1, -0.05) is 22.0 Å². The van der Waals surface area contributed by atoms with Crippen molar-refractivity contribution in [1.82, 2.24) is 0 Å². The van der Waals surface area contributed by atoms with Gasteiger partial charge < -0.3 is 4.90 Å². The fraction of sp³-hybridized carbons (Fsp3) is 0.500. The molecule has 4 heteroatoms. The van der Waals surface area contributed by atoms with Crippen LogP contribution in [0.5, 0.6) is 0 Å². The predicted molar refractivity (Wildman–Crippen MR) is 73.9 cm³/mol. The van der Waals surface area contributed by atoms with E-state index in [0.717, 1.165) is 29.9 Å². The fourth-order valence-electron chi connectivity index (χ4n) is 1.92. The molecule has 1 fully saturated rings. The molecule has 0 aromatic heterocycles. The Balaban J connectivity index is 2.15. The summed E-state index contributed by atoms with van der Waals surface area (Å²) in [6, 6.07) is 6.56. The molecule has 0 unspecified atom stereocenters. The van der Waals surface area contributed by atoms with Gasteiger partial charge in [0.25, 0.3) is 0 Å². The maximum atomic E-state index is 11.3. The van der Waals surface area contributed by atoms with Crippen LogP contribution in [0.15, 0.2) is 18.2 Å². The van der Waals surface area contributed by atoms with Gasteiger partial charge in [-0.3, -0.25) is 4.21 Å². The summed E-state index contributed by atoms with van der Waals surface area (Å²) in [5, 5.41) is 0.906. The van der Waals surface area contributed by atoms with E-state index < -0.39 is 10.8 Å². The van der Waals surface area contributed by atoms with Gasteiger partial charge in [-0.05, 0) is 30.2 Å². The van der Waals surface area contributed by atoms with Gasteiger partial charge in [0, 0.05) is 46.4 Å². The van der Waals surface area contributed by atoms with Crippen LogP contribution in [0.3, 0.4) is 0 Å². The number of hydrogen-bond acceptors (Lipinski definition) is 2. The zero-order valence-electron chi connectivity index (χ0n) is 9.41. The molecule has 88 valence electrons. The highest BCUT2D eigenvalue weighted by Crippen LogP contribution is 2.21. The number of nitrogens with zero attached hydrogens (tertiary/aromatic N) is 1. The Morgan fingerprint density at radius 1 is 1.38 bits per heavy atom. The number of hydrogen-bond donors (Lipinski definition) is 0. The first-order chi connectivity index (χ1) is 7.70. The molecular weight excluding hydrogens is 286 g/mol. The third-order valence-corrected chi connectivity index (χ3v) is 4.89. The van der Waals surface area contributed by atoms with Crippen LogP contribution in [0.1, 0.15) is 11.1 Å². The smallest absolute Gasteiger partial charge is 0.0411 e. The maximum absolute atomic E-state index is 11.3. The van der Waals surface area contributed by atoms with Crippen molar-refractivity contribution >= 4 is 32.4 Å². The quantitative estimate of drug-likeness (QED) is 0.782. The molecule has 0 saturated carbocycles. The highest BCUT2D eigenvalue weighted by molar-refractivity contribution is 9.08. The molecule has 1 saturated heterocycles.